The van der Waals surface area contributed by atoms with Crippen LogP contribution in [-0.4, -0.2) is 60.8 Å². The average Bonchev–Trinajstić information content (AvgIpc) is 3.21. The van der Waals surface area contributed by atoms with Crippen molar-refractivity contribution in [3.63, 3.8) is 0 Å². The SMILES string of the molecule is COc1cc(C(=O)/C(=C\c2c[nH]c3cc(C)ccc23)SCC(O)CO)cc(OC)c1OC. The van der Waals surface area contributed by atoms with Crippen molar-refractivity contribution in [3.8, 4) is 17.2 Å². The van der Waals surface area contributed by atoms with Crippen molar-refractivity contribution in [2.45, 2.75) is 13.0 Å². The first kappa shape index (κ1) is 23.7. The molecule has 32 heavy (non-hydrogen) atoms. The Kier molecular flexibility index (Phi) is 7.84. The predicted octanol–water partition coefficient (Wildman–Crippen LogP) is 3.81. The van der Waals surface area contributed by atoms with Gasteiger partial charge in [-0.25, -0.2) is 0 Å². The van der Waals surface area contributed by atoms with Gasteiger partial charge in [0, 0.05) is 34.0 Å². The summed E-state index contributed by atoms with van der Waals surface area (Å²) >= 11 is 1.18. The number of carbonyl (C=O) groups excluding carboxylic acids is 1. The number of aliphatic hydroxyl groups is 2. The van der Waals surface area contributed by atoms with Crippen LogP contribution in [0.1, 0.15) is 21.5 Å². The first-order valence-corrected chi connectivity index (χ1v) is 11.0. The third kappa shape index (κ3) is 5.09. The smallest absolute Gasteiger partial charge is 0.203 e. The Balaban J connectivity index is 2.07. The number of fused-ring (bicyclic) bond motifs is 1. The number of aryl methyl sites for hydroxylation is 1. The lowest BCUT2D eigenvalue weighted by Crippen LogP contribution is -2.16. The number of ketones is 1. The number of aromatic nitrogens is 1. The largest absolute Gasteiger partial charge is 0.493 e. The summed E-state index contributed by atoms with van der Waals surface area (Å²) in [5.74, 6) is 1.04. The number of ether oxygens (including phenoxy) is 3. The number of rotatable bonds is 10. The zero-order valence-electron chi connectivity index (χ0n) is 18.5. The number of nitrogens with one attached hydrogen (secondary N) is 1. The molecule has 0 saturated heterocycles. The van der Waals surface area contributed by atoms with Crippen LogP contribution in [0.15, 0.2) is 41.4 Å². The number of hydrogen-bond donors (Lipinski definition) is 3. The molecule has 3 rings (SSSR count). The van der Waals surface area contributed by atoms with E-state index in [4.69, 9.17) is 14.2 Å². The number of allylic oxidation sites excluding steroid dienone is 1. The summed E-state index contributed by atoms with van der Waals surface area (Å²) in [5.41, 5.74) is 3.30. The van der Waals surface area contributed by atoms with Gasteiger partial charge in [0.2, 0.25) is 5.75 Å². The van der Waals surface area contributed by atoms with Crippen LogP contribution in [0.2, 0.25) is 0 Å². The van der Waals surface area contributed by atoms with Gasteiger partial charge in [0.1, 0.15) is 0 Å². The second-order valence-corrected chi connectivity index (χ2v) is 8.25. The van der Waals surface area contributed by atoms with Gasteiger partial charge in [-0.05, 0) is 36.8 Å². The highest BCUT2D eigenvalue weighted by Crippen LogP contribution is 2.39. The molecule has 2 aromatic carbocycles. The Labute approximate surface area is 191 Å². The molecule has 1 unspecified atom stereocenters. The third-order valence-electron chi connectivity index (χ3n) is 4.95. The molecule has 7 nitrogen and oxygen atoms in total. The molecule has 1 aromatic heterocycles. The maximum Gasteiger partial charge on any atom is 0.203 e. The van der Waals surface area contributed by atoms with Crippen LogP contribution < -0.4 is 14.2 Å². The third-order valence-corrected chi connectivity index (χ3v) is 6.11. The van der Waals surface area contributed by atoms with E-state index >= 15 is 0 Å². The maximum absolute atomic E-state index is 13.5. The van der Waals surface area contributed by atoms with Gasteiger partial charge >= 0.3 is 0 Å². The molecular formula is C24H27NO6S. The van der Waals surface area contributed by atoms with Crippen molar-refractivity contribution in [2.24, 2.45) is 0 Å². The lowest BCUT2D eigenvalue weighted by atomic mass is 10.1. The van der Waals surface area contributed by atoms with Crippen molar-refractivity contribution >= 4 is 34.5 Å². The van der Waals surface area contributed by atoms with Crippen LogP contribution >= 0.6 is 11.8 Å². The van der Waals surface area contributed by atoms with E-state index < -0.39 is 6.10 Å². The maximum atomic E-state index is 13.5. The molecule has 0 bridgehead atoms. The van der Waals surface area contributed by atoms with Crippen LogP contribution in [-0.2, 0) is 0 Å². The van der Waals surface area contributed by atoms with Crippen molar-refractivity contribution < 1.29 is 29.2 Å². The van der Waals surface area contributed by atoms with Crippen molar-refractivity contribution in [1.29, 1.82) is 0 Å². The first-order valence-electron chi connectivity index (χ1n) is 9.97. The van der Waals surface area contributed by atoms with E-state index in [2.05, 4.69) is 4.98 Å². The van der Waals surface area contributed by atoms with Crippen LogP contribution in [0.25, 0.3) is 17.0 Å². The number of benzene rings is 2. The highest BCUT2D eigenvalue weighted by molar-refractivity contribution is 8.04. The number of aromatic amines is 1. The summed E-state index contributed by atoms with van der Waals surface area (Å²) in [4.78, 5) is 17.1. The fraction of sp³-hybridized carbons (Fsp3) is 0.292. The number of aliphatic hydroxyl groups excluding tert-OH is 2. The minimum Gasteiger partial charge on any atom is -0.493 e. The summed E-state index contributed by atoms with van der Waals surface area (Å²) < 4.78 is 16.1. The number of hydrogen-bond acceptors (Lipinski definition) is 7. The molecule has 8 heteroatoms. The first-order chi connectivity index (χ1) is 15.4. The number of methoxy groups -OCH3 is 3. The molecule has 1 atom stereocenters. The quantitative estimate of drug-likeness (QED) is 0.314. The number of Topliss-reactive ketones (excluding diaryl/α,β-unsaturated/α-hetero) is 1. The number of H-pyrrole nitrogens is 1. The lowest BCUT2D eigenvalue weighted by Gasteiger charge is -2.15. The molecule has 3 N–H and O–H groups in total. The zero-order valence-corrected chi connectivity index (χ0v) is 19.3. The molecule has 0 fully saturated rings. The topological polar surface area (TPSA) is 101 Å². The number of carbonyl (C=O) groups is 1. The molecular weight excluding hydrogens is 430 g/mol. The predicted molar refractivity (Wildman–Crippen MR) is 127 cm³/mol. The Morgan fingerprint density at radius 1 is 1.12 bits per heavy atom. The Morgan fingerprint density at radius 3 is 2.41 bits per heavy atom. The second kappa shape index (κ2) is 10.6. The van der Waals surface area contributed by atoms with Crippen molar-refractivity contribution in [3.05, 3.63) is 58.1 Å². The van der Waals surface area contributed by atoms with Crippen molar-refractivity contribution in [1.82, 2.24) is 4.98 Å². The molecule has 0 amide bonds. The van der Waals surface area contributed by atoms with Gasteiger partial charge in [0.05, 0.1) is 38.9 Å². The highest BCUT2D eigenvalue weighted by Gasteiger charge is 2.21. The second-order valence-electron chi connectivity index (χ2n) is 7.19. The monoisotopic (exact) mass is 457 g/mol. The molecule has 0 aliphatic heterocycles. The fourth-order valence-electron chi connectivity index (χ4n) is 3.29. The Hall–Kier alpha value is -2.94. The molecule has 3 aromatic rings. The molecule has 0 spiro atoms. The van der Waals surface area contributed by atoms with Gasteiger partial charge in [-0.2, -0.15) is 0 Å². The van der Waals surface area contributed by atoms with E-state index in [1.165, 1.54) is 33.1 Å². The van der Waals surface area contributed by atoms with Crippen LogP contribution in [0.5, 0.6) is 17.2 Å². The van der Waals surface area contributed by atoms with E-state index in [1.54, 1.807) is 18.2 Å². The van der Waals surface area contributed by atoms with E-state index in [1.807, 2.05) is 31.3 Å². The molecule has 1 heterocycles. The minimum atomic E-state index is -0.943. The summed E-state index contributed by atoms with van der Waals surface area (Å²) in [5, 5.41) is 20.0. The Bertz CT molecular complexity index is 1110. The molecule has 0 radical (unpaired) electrons. The summed E-state index contributed by atoms with van der Waals surface area (Å²) in [6, 6.07) is 9.24. The lowest BCUT2D eigenvalue weighted by molar-refractivity contribution is 0.104. The van der Waals surface area contributed by atoms with Gasteiger partial charge in [0.15, 0.2) is 17.3 Å². The number of thioether (sulfide) groups is 1. The van der Waals surface area contributed by atoms with Gasteiger partial charge in [-0.1, -0.05) is 12.1 Å². The average molecular weight is 458 g/mol. The van der Waals surface area contributed by atoms with E-state index in [0.717, 1.165) is 22.0 Å². The molecule has 170 valence electrons. The van der Waals surface area contributed by atoms with Crippen LogP contribution in [0.3, 0.4) is 0 Å². The normalized spacial score (nSPS) is 12.6. The van der Waals surface area contributed by atoms with Crippen LogP contribution in [0.4, 0.5) is 0 Å². The van der Waals surface area contributed by atoms with Gasteiger partial charge in [-0.15, -0.1) is 11.8 Å². The van der Waals surface area contributed by atoms with E-state index in [-0.39, 0.29) is 18.1 Å². The molecule has 0 aliphatic carbocycles. The Morgan fingerprint density at radius 2 is 1.81 bits per heavy atom. The highest BCUT2D eigenvalue weighted by atomic mass is 32.2. The summed E-state index contributed by atoms with van der Waals surface area (Å²) in [6.07, 6.45) is 2.69. The van der Waals surface area contributed by atoms with Crippen molar-refractivity contribution in [2.75, 3.05) is 33.7 Å². The molecule has 0 saturated carbocycles. The summed E-state index contributed by atoms with van der Waals surface area (Å²) in [6.45, 7) is 1.63. The zero-order chi connectivity index (χ0) is 23.3. The summed E-state index contributed by atoms with van der Waals surface area (Å²) in [7, 11) is 4.48. The van der Waals surface area contributed by atoms with E-state index in [9.17, 15) is 15.0 Å². The van der Waals surface area contributed by atoms with Crippen LogP contribution in [0, 0.1) is 6.92 Å². The molecule has 0 aliphatic rings. The van der Waals surface area contributed by atoms with Gasteiger partial charge in [-0.3, -0.25) is 4.79 Å². The fourth-order valence-corrected chi connectivity index (χ4v) is 4.23. The van der Waals surface area contributed by atoms with E-state index in [0.29, 0.717) is 27.7 Å². The minimum absolute atomic E-state index is 0.167. The van der Waals surface area contributed by atoms with Gasteiger partial charge < -0.3 is 29.4 Å². The van der Waals surface area contributed by atoms with Gasteiger partial charge in [0.25, 0.3) is 0 Å². The standard InChI is InChI=1S/C24H27NO6S/c1-14-5-6-18-16(11-25-19(18)7-14)10-22(32-13-17(27)12-26)23(28)15-8-20(29-2)24(31-4)21(9-15)30-3/h5-11,17,25-27H,12-13H2,1-4H3/b22-10+.